The van der Waals surface area contributed by atoms with E-state index in [4.69, 9.17) is 4.98 Å². The second kappa shape index (κ2) is 14.4. The van der Waals surface area contributed by atoms with Crippen LogP contribution in [0.15, 0.2) is 55.3 Å². The van der Waals surface area contributed by atoms with Gasteiger partial charge in [0.05, 0.1) is 0 Å². The van der Waals surface area contributed by atoms with Gasteiger partial charge in [-0.15, -0.1) is 6.58 Å². The quantitative estimate of drug-likeness (QED) is 0.261. The van der Waals surface area contributed by atoms with Crippen molar-refractivity contribution in [2.75, 3.05) is 48.3 Å². The Hall–Kier alpha value is -3.98. The van der Waals surface area contributed by atoms with E-state index < -0.39 is 0 Å². The molecule has 1 aliphatic heterocycles. The van der Waals surface area contributed by atoms with E-state index in [0.29, 0.717) is 35.6 Å². The fourth-order valence-electron chi connectivity index (χ4n) is 4.89. The van der Waals surface area contributed by atoms with Gasteiger partial charge < -0.3 is 26.2 Å². The van der Waals surface area contributed by atoms with Crippen LogP contribution in [0.4, 0.5) is 29.0 Å². The van der Waals surface area contributed by atoms with Crippen LogP contribution in [-0.2, 0) is 6.42 Å². The third kappa shape index (κ3) is 7.35. The van der Waals surface area contributed by atoms with Crippen molar-refractivity contribution in [3.8, 4) is 0 Å². The molecule has 0 saturated carbocycles. The minimum atomic E-state index is -0.276. The highest BCUT2D eigenvalue weighted by atomic mass is 16.1. The van der Waals surface area contributed by atoms with E-state index in [1.165, 1.54) is 23.9 Å². The number of hydrogen-bond donors (Lipinski definition) is 4. The summed E-state index contributed by atoms with van der Waals surface area (Å²) >= 11 is 0. The van der Waals surface area contributed by atoms with Crippen LogP contribution >= 0.6 is 0 Å². The van der Waals surface area contributed by atoms with Crippen LogP contribution in [0.5, 0.6) is 0 Å². The molecule has 9 heteroatoms. The third-order valence-electron chi connectivity index (χ3n) is 6.95. The lowest BCUT2D eigenvalue weighted by Gasteiger charge is -2.29. The minimum absolute atomic E-state index is 0.276. The Balaban J connectivity index is 0.00000118. The van der Waals surface area contributed by atoms with Crippen LogP contribution in [-0.4, -0.2) is 53.6 Å². The molecule has 3 aromatic rings. The number of fused-ring (bicyclic) bond motifs is 1. The van der Waals surface area contributed by atoms with Gasteiger partial charge in [-0.2, -0.15) is 4.98 Å². The molecule has 1 aliphatic carbocycles. The number of nitrogens with zero attached hydrogens (tertiary/aromatic N) is 4. The molecule has 0 bridgehead atoms. The fraction of sp³-hybridized carbons (Fsp3) is 0.419. The fourth-order valence-corrected chi connectivity index (χ4v) is 4.89. The van der Waals surface area contributed by atoms with E-state index in [9.17, 15) is 4.79 Å². The molecule has 1 saturated heterocycles. The SMILES string of the molecule is C=CCNC(=O)c1cnc(Nc2ccc(N3CCNCC3)cc2)nc1Nc1ccc2c(n1)C(CC)CC2.CCC. The van der Waals surface area contributed by atoms with Crippen molar-refractivity contribution < 1.29 is 4.79 Å². The molecule has 2 aromatic heterocycles. The zero-order valence-electron chi connectivity index (χ0n) is 24.0. The largest absolute Gasteiger partial charge is 0.369 e. The van der Waals surface area contributed by atoms with Crippen molar-refractivity contribution in [2.24, 2.45) is 0 Å². The van der Waals surface area contributed by atoms with Gasteiger partial charge in [-0.3, -0.25) is 4.79 Å². The van der Waals surface area contributed by atoms with Gasteiger partial charge in [0.1, 0.15) is 17.2 Å². The average molecular weight is 543 g/mol. The molecule has 3 heterocycles. The number of carbonyl (C=O) groups is 1. The van der Waals surface area contributed by atoms with E-state index in [2.05, 4.69) is 81.7 Å². The maximum Gasteiger partial charge on any atom is 0.256 e. The number of hydrogen-bond acceptors (Lipinski definition) is 8. The van der Waals surface area contributed by atoms with E-state index in [-0.39, 0.29) is 5.91 Å². The van der Waals surface area contributed by atoms with Crippen molar-refractivity contribution in [3.05, 3.63) is 72.1 Å². The van der Waals surface area contributed by atoms with Gasteiger partial charge in [0.25, 0.3) is 5.91 Å². The molecule has 1 atom stereocenters. The summed E-state index contributed by atoms with van der Waals surface area (Å²) in [6, 6.07) is 12.3. The maximum atomic E-state index is 12.8. The van der Waals surface area contributed by atoms with Crippen LogP contribution in [0, 0.1) is 0 Å². The molecule has 0 radical (unpaired) electrons. The molecule has 0 spiro atoms. The second-order valence-electron chi connectivity index (χ2n) is 10.1. The molecule has 1 fully saturated rings. The van der Waals surface area contributed by atoms with Crippen molar-refractivity contribution in [3.63, 3.8) is 0 Å². The monoisotopic (exact) mass is 542 g/mol. The number of pyridine rings is 1. The van der Waals surface area contributed by atoms with Crippen LogP contribution in [0.25, 0.3) is 0 Å². The zero-order valence-corrected chi connectivity index (χ0v) is 24.0. The summed E-state index contributed by atoms with van der Waals surface area (Å²) < 4.78 is 0. The first-order valence-electron chi connectivity index (χ1n) is 14.4. The van der Waals surface area contributed by atoms with E-state index in [1.54, 1.807) is 6.08 Å². The second-order valence-corrected chi connectivity index (χ2v) is 10.1. The molecule has 2 aliphatic rings. The summed E-state index contributed by atoms with van der Waals surface area (Å²) in [5.41, 5.74) is 4.85. The number of carbonyl (C=O) groups excluding carboxylic acids is 1. The summed E-state index contributed by atoms with van der Waals surface area (Å²) in [6.45, 7) is 14.5. The predicted molar refractivity (Wildman–Crippen MR) is 164 cm³/mol. The Morgan fingerprint density at radius 3 is 2.52 bits per heavy atom. The Morgan fingerprint density at radius 2 is 1.82 bits per heavy atom. The van der Waals surface area contributed by atoms with Gasteiger partial charge >= 0.3 is 0 Å². The molecule has 5 rings (SSSR count). The number of nitrogens with one attached hydrogen (secondary N) is 4. The van der Waals surface area contributed by atoms with Crippen molar-refractivity contribution in [1.82, 2.24) is 25.6 Å². The van der Waals surface area contributed by atoms with Crippen LogP contribution < -0.4 is 26.2 Å². The van der Waals surface area contributed by atoms with E-state index in [1.807, 2.05) is 18.2 Å². The maximum absolute atomic E-state index is 12.8. The van der Waals surface area contributed by atoms with E-state index >= 15 is 0 Å². The Morgan fingerprint density at radius 1 is 1.07 bits per heavy atom. The Kier molecular flexibility index (Phi) is 10.5. The first-order chi connectivity index (χ1) is 19.6. The number of aromatic nitrogens is 3. The van der Waals surface area contributed by atoms with Crippen molar-refractivity contribution in [1.29, 1.82) is 0 Å². The van der Waals surface area contributed by atoms with Gasteiger partial charge in [0.15, 0.2) is 0 Å². The summed E-state index contributed by atoms with van der Waals surface area (Å²) in [5.74, 6) is 1.66. The van der Waals surface area contributed by atoms with Gasteiger partial charge in [0.2, 0.25) is 5.95 Å². The first-order valence-corrected chi connectivity index (χ1v) is 14.4. The number of anilines is 5. The van der Waals surface area contributed by atoms with E-state index in [0.717, 1.165) is 56.8 Å². The molecule has 40 heavy (non-hydrogen) atoms. The van der Waals surface area contributed by atoms with Crippen LogP contribution in [0.1, 0.15) is 67.6 Å². The number of rotatable bonds is 9. The highest BCUT2D eigenvalue weighted by Gasteiger charge is 2.23. The van der Waals surface area contributed by atoms with Crippen LogP contribution in [0.3, 0.4) is 0 Å². The van der Waals surface area contributed by atoms with Crippen molar-refractivity contribution >= 4 is 34.9 Å². The molecule has 212 valence electrons. The molecular weight excluding hydrogens is 500 g/mol. The normalized spacial score (nSPS) is 15.9. The van der Waals surface area contributed by atoms with Gasteiger partial charge in [0, 0.05) is 61.9 Å². The number of aryl methyl sites for hydroxylation is 1. The summed E-state index contributed by atoms with van der Waals surface area (Å²) in [4.78, 5) is 29.1. The minimum Gasteiger partial charge on any atom is -0.369 e. The lowest BCUT2D eigenvalue weighted by atomic mass is 10.0. The molecule has 1 amide bonds. The number of piperazine rings is 1. The average Bonchev–Trinajstić information content (AvgIpc) is 3.40. The highest BCUT2D eigenvalue weighted by molar-refractivity contribution is 5.99. The van der Waals surface area contributed by atoms with Gasteiger partial charge in [-0.1, -0.05) is 39.3 Å². The summed E-state index contributed by atoms with van der Waals surface area (Å²) in [6.07, 6.45) is 7.68. The molecule has 1 unspecified atom stereocenters. The summed E-state index contributed by atoms with van der Waals surface area (Å²) in [5, 5.41) is 12.7. The molecule has 1 aromatic carbocycles. The standard InChI is InChI=1S/C28H34N8O.C3H8/c1-3-13-30-27(37)23-18-31-28(32-21-8-10-22(11-9-21)36-16-14-29-15-17-36)35-26(23)34-24-12-7-20-6-5-19(4-2)25(20)33-24;1-3-2/h3,7-12,18-19,29H,1,4-6,13-17H2,2H3,(H,30,37)(H2,31,32,33,34,35);3H2,1-2H3. The summed E-state index contributed by atoms with van der Waals surface area (Å²) in [7, 11) is 0. The Labute approximate surface area is 237 Å². The van der Waals surface area contributed by atoms with Crippen molar-refractivity contribution in [2.45, 2.75) is 52.4 Å². The highest BCUT2D eigenvalue weighted by Crippen LogP contribution is 2.35. The van der Waals surface area contributed by atoms with Gasteiger partial charge in [-0.25, -0.2) is 9.97 Å². The predicted octanol–water partition coefficient (Wildman–Crippen LogP) is 5.54. The lowest BCUT2D eigenvalue weighted by Crippen LogP contribution is -2.43. The smallest absolute Gasteiger partial charge is 0.256 e. The van der Waals surface area contributed by atoms with Crippen LogP contribution in [0.2, 0.25) is 0 Å². The molecular formula is C31H42N8O. The topological polar surface area (TPSA) is 107 Å². The number of amides is 1. The number of benzene rings is 1. The Bertz CT molecular complexity index is 1270. The zero-order chi connectivity index (χ0) is 28.3. The first kappa shape index (κ1) is 29.0. The van der Waals surface area contributed by atoms with Gasteiger partial charge in [-0.05, 0) is 55.2 Å². The molecule has 9 nitrogen and oxygen atoms in total. The third-order valence-corrected chi connectivity index (χ3v) is 6.95. The molecule has 4 N–H and O–H groups in total. The lowest BCUT2D eigenvalue weighted by molar-refractivity contribution is 0.0958.